The first-order valence-electron chi connectivity index (χ1n) is 5.99. The van der Waals surface area contributed by atoms with E-state index in [1.54, 1.807) is 7.11 Å². The Balaban J connectivity index is 1.88. The summed E-state index contributed by atoms with van der Waals surface area (Å²) < 4.78 is 5.05. The Hall–Kier alpha value is -1.09. The van der Waals surface area contributed by atoms with Crippen molar-refractivity contribution in [3.05, 3.63) is 23.9 Å². The van der Waals surface area contributed by atoms with Crippen molar-refractivity contribution in [3.63, 3.8) is 0 Å². The fraction of sp³-hybridized carbons (Fsp3) is 0.615. The molecule has 1 saturated heterocycles. The Morgan fingerprint density at radius 2 is 2.12 bits per heavy atom. The van der Waals surface area contributed by atoms with Crippen LogP contribution in [0.2, 0.25) is 0 Å². The molecule has 0 aliphatic carbocycles. The second-order valence-corrected chi connectivity index (χ2v) is 4.67. The van der Waals surface area contributed by atoms with Gasteiger partial charge in [0.25, 0.3) is 0 Å². The van der Waals surface area contributed by atoms with Crippen LogP contribution in [0.3, 0.4) is 0 Å². The molecule has 1 aromatic heterocycles. The Morgan fingerprint density at radius 3 is 2.69 bits per heavy atom. The topological polar surface area (TPSA) is 25.4 Å². The number of hydrogen-bond donors (Lipinski definition) is 0. The smallest absolute Gasteiger partial charge is 0.212 e. The van der Waals surface area contributed by atoms with Crippen molar-refractivity contribution in [2.75, 3.05) is 20.2 Å². The van der Waals surface area contributed by atoms with Gasteiger partial charge in [0.2, 0.25) is 5.88 Å². The molecule has 0 N–H and O–H groups in total. The van der Waals surface area contributed by atoms with Crippen LogP contribution in [-0.2, 0) is 6.54 Å². The van der Waals surface area contributed by atoms with E-state index < -0.39 is 0 Å². The summed E-state index contributed by atoms with van der Waals surface area (Å²) in [5, 5.41) is 0. The maximum atomic E-state index is 5.05. The van der Waals surface area contributed by atoms with E-state index >= 15 is 0 Å². The number of rotatable bonds is 3. The van der Waals surface area contributed by atoms with Crippen LogP contribution in [-0.4, -0.2) is 30.1 Å². The number of pyridine rings is 1. The first-order chi connectivity index (χ1) is 7.78. The van der Waals surface area contributed by atoms with Gasteiger partial charge in [-0.25, -0.2) is 4.98 Å². The highest BCUT2D eigenvalue weighted by Crippen LogP contribution is 2.18. The zero-order valence-corrected chi connectivity index (χ0v) is 10.1. The van der Waals surface area contributed by atoms with Crippen LogP contribution in [0, 0.1) is 5.92 Å². The molecule has 3 nitrogen and oxygen atoms in total. The maximum absolute atomic E-state index is 5.05. The first-order valence-corrected chi connectivity index (χ1v) is 5.99. The van der Waals surface area contributed by atoms with Gasteiger partial charge in [-0.2, -0.15) is 0 Å². The minimum absolute atomic E-state index is 0.691. The van der Waals surface area contributed by atoms with Crippen LogP contribution in [0.15, 0.2) is 18.3 Å². The van der Waals surface area contributed by atoms with Crippen molar-refractivity contribution in [3.8, 4) is 5.88 Å². The van der Waals surface area contributed by atoms with Crippen LogP contribution >= 0.6 is 0 Å². The molecule has 0 unspecified atom stereocenters. The lowest BCUT2D eigenvalue weighted by Crippen LogP contribution is -2.32. The molecular weight excluding hydrogens is 200 g/mol. The molecule has 16 heavy (non-hydrogen) atoms. The van der Waals surface area contributed by atoms with E-state index in [0.717, 1.165) is 12.5 Å². The van der Waals surface area contributed by atoms with Gasteiger partial charge in [-0.05, 0) is 37.4 Å². The van der Waals surface area contributed by atoms with Crippen molar-refractivity contribution < 1.29 is 4.74 Å². The number of hydrogen-bond acceptors (Lipinski definition) is 3. The fourth-order valence-corrected chi connectivity index (χ4v) is 2.10. The Kier molecular flexibility index (Phi) is 3.78. The van der Waals surface area contributed by atoms with E-state index in [2.05, 4.69) is 22.9 Å². The Bertz CT molecular complexity index is 315. The largest absolute Gasteiger partial charge is 0.481 e. The second-order valence-electron chi connectivity index (χ2n) is 4.67. The van der Waals surface area contributed by atoms with Gasteiger partial charge in [0.1, 0.15) is 0 Å². The van der Waals surface area contributed by atoms with Crippen LogP contribution in [0.4, 0.5) is 0 Å². The average Bonchev–Trinajstić information content (AvgIpc) is 2.33. The van der Waals surface area contributed by atoms with E-state index in [0.29, 0.717) is 5.88 Å². The highest BCUT2D eigenvalue weighted by Gasteiger charge is 2.15. The molecule has 1 aliphatic heterocycles. The number of piperidine rings is 1. The predicted octanol–water partition coefficient (Wildman–Crippen LogP) is 2.32. The third-order valence-electron chi connectivity index (χ3n) is 3.29. The van der Waals surface area contributed by atoms with Gasteiger partial charge >= 0.3 is 0 Å². The van der Waals surface area contributed by atoms with Crippen molar-refractivity contribution in [2.45, 2.75) is 26.3 Å². The standard InChI is InChI=1S/C13H20N2O/c1-11-5-7-15(8-6-11)10-12-3-4-13(16-2)14-9-12/h3-4,9,11H,5-8,10H2,1-2H3. The van der Waals surface area contributed by atoms with E-state index in [1.165, 1.54) is 31.5 Å². The van der Waals surface area contributed by atoms with Gasteiger partial charge in [0.05, 0.1) is 7.11 Å². The lowest BCUT2D eigenvalue weighted by Gasteiger charge is -2.30. The summed E-state index contributed by atoms with van der Waals surface area (Å²) in [5.41, 5.74) is 1.27. The summed E-state index contributed by atoms with van der Waals surface area (Å²) in [6.07, 6.45) is 4.56. The molecule has 0 atom stereocenters. The Labute approximate surface area is 97.4 Å². The summed E-state index contributed by atoms with van der Waals surface area (Å²) in [6.45, 7) is 5.79. The molecule has 2 rings (SSSR count). The molecule has 1 aromatic rings. The number of likely N-dealkylation sites (tertiary alicyclic amines) is 1. The van der Waals surface area contributed by atoms with Crippen molar-refractivity contribution >= 4 is 0 Å². The lowest BCUT2D eigenvalue weighted by atomic mass is 9.99. The molecular formula is C13H20N2O. The molecule has 0 aromatic carbocycles. The normalized spacial score (nSPS) is 18.6. The maximum Gasteiger partial charge on any atom is 0.212 e. The van der Waals surface area contributed by atoms with Gasteiger partial charge in [-0.1, -0.05) is 13.0 Å². The first kappa shape index (κ1) is 11.4. The van der Waals surface area contributed by atoms with Gasteiger partial charge in [-0.15, -0.1) is 0 Å². The third kappa shape index (κ3) is 2.95. The number of nitrogens with zero attached hydrogens (tertiary/aromatic N) is 2. The van der Waals surface area contributed by atoms with Crippen LogP contribution < -0.4 is 4.74 Å². The minimum atomic E-state index is 0.691. The van der Waals surface area contributed by atoms with Gasteiger partial charge < -0.3 is 4.74 Å². The molecule has 0 spiro atoms. The third-order valence-corrected chi connectivity index (χ3v) is 3.29. The SMILES string of the molecule is COc1ccc(CN2CCC(C)CC2)cn1. The Morgan fingerprint density at radius 1 is 1.38 bits per heavy atom. The quantitative estimate of drug-likeness (QED) is 0.781. The molecule has 0 saturated carbocycles. The minimum Gasteiger partial charge on any atom is -0.481 e. The molecule has 2 heterocycles. The molecule has 0 radical (unpaired) electrons. The number of aromatic nitrogens is 1. The summed E-state index contributed by atoms with van der Waals surface area (Å²) in [5.74, 6) is 1.58. The molecule has 1 aliphatic rings. The monoisotopic (exact) mass is 220 g/mol. The van der Waals surface area contributed by atoms with Crippen molar-refractivity contribution in [2.24, 2.45) is 5.92 Å². The van der Waals surface area contributed by atoms with Gasteiger partial charge in [0, 0.05) is 18.8 Å². The second kappa shape index (κ2) is 5.30. The zero-order valence-electron chi connectivity index (χ0n) is 10.1. The fourth-order valence-electron chi connectivity index (χ4n) is 2.10. The van der Waals surface area contributed by atoms with Crippen LogP contribution in [0.1, 0.15) is 25.3 Å². The molecule has 3 heteroatoms. The number of ether oxygens (including phenoxy) is 1. The summed E-state index contributed by atoms with van der Waals surface area (Å²) >= 11 is 0. The molecule has 0 amide bonds. The molecule has 1 fully saturated rings. The average molecular weight is 220 g/mol. The van der Waals surface area contributed by atoms with E-state index in [4.69, 9.17) is 4.74 Å². The number of methoxy groups -OCH3 is 1. The zero-order chi connectivity index (χ0) is 11.4. The van der Waals surface area contributed by atoms with E-state index in [1.807, 2.05) is 12.3 Å². The molecule has 0 bridgehead atoms. The lowest BCUT2D eigenvalue weighted by molar-refractivity contribution is 0.185. The van der Waals surface area contributed by atoms with E-state index in [-0.39, 0.29) is 0 Å². The van der Waals surface area contributed by atoms with E-state index in [9.17, 15) is 0 Å². The van der Waals surface area contributed by atoms with Crippen LogP contribution in [0.25, 0.3) is 0 Å². The summed E-state index contributed by atoms with van der Waals surface area (Å²) in [6, 6.07) is 4.03. The predicted molar refractivity (Wildman–Crippen MR) is 64.5 cm³/mol. The van der Waals surface area contributed by atoms with Crippen molar-refractivity contribution in [1.82, 2.24) is 9.88 Å². The van der Waals surface area contributed by atoms with Crippen molar-refractivity contribution in [1.29, 1.82) is 0 Å². The van der Waals surface area contributed by atoms with Crippen LogP contribution in [0.5, 0.6) is 5.88 Å². The van der Waals surface area contributed by atoms with Gasteiger partial charge in [-0.3, -0.25) is 4.90 Å². The van der Waals surface area contributed by atoms with Gasteiger partial charge in [0.15, 0.2) is 0 Å². The summed E-state index contributed by atoms with van der Waals surface area (Å²) in [4.78, 5) is 6.73. The highest BCUT2D eigenvalue weighted by atomic mass is 16.5. The molecule has 88 valence electrons. The highest BCUT2D eigenvalue weighted by molar-refractivity contribution is 5.17. The summed E-state index contributed by atoms with van der Waals surface area (Å²) in [7, 11) is 1.65.